The molecule has 19 heavy (non-hydrogen) atoms. The third kappa shape index (κ3) is 3.53. The van der Waals surface area contributed by atoms with Crippen LogP contribution in [0.5, 0.6) is 0 Å². The second kappa shape index (κ2) is 6.66. The summed E-state index contributed by atoms with van der Waals surface area (Å²) in [6.07, 6.45) is 9.05. The zero-order valence-corrected chi connectivity index (χ0v) is 11.5. The van der Waals surface area contributed by atoms with Crippen LogP contribution in [0.25, 0.3) is 0 Å². The Morgan fingerprint density at radius 3 is 2.74 bits per heavy atom. The largest absolute Gasteiger partial charge is 0.395 e. The molecule has 104 valence electrons. The summed E-state index contributed by atoms with van der Waals surface area (Å²) >= 11 is 0. The van der Waals surface area contributed by atoms with Crippen LogP contribution in [0.15, 0.2) is 18.5 Å². The van der Waals surface area contributed by atoms with Crippen LogP contribution < -0.4 is 0 Å². The van der Waals surface area contributed by atoms with Crippen LogP contribution in [0.3, 0.4) is 0 Å². The number of aromatic nitrogens is 1. The van der Waals surface area contributed by atoms with Gasteiger partial charge in [-0.2, -0.15) is 0 Å². The number of hydrogen-bond donors (Lipinski definition) is 1. The molecule has 0 radical (unpaired) electrons. The first-order valence-corrected chi connectivity index (χ1v) is 7.06. The lowest BCUT2D eigenvalue weighted by Crippen LogP contribution is -2.43. The van der Waals surface area contributed by atoms with Gasteiger partial charge in [-0.25, -0.2) is 0 Å². The third-order valence-electron chi connectivity index (χ3n) is 3.74. The van der Waals surface area contributed by atoms with E-state index >= 15 is 0 Å². The lowest BCUT2D eigenvalue weighted by atomic mass is 9.93. The van der Waals surface area contributed by atoms with Gasteiger partial charge < -0.3 is 10.0 Å². The van der Waals surface area contributed by atoms with E-state index < -0.39 is 0 Å². The van der Waals surface area contributed by atoms with E-state index in [1.165, 1.54) is 19.3 Å². The zero-order valence-electron chi connectivity index (χ0n) is 11.5. The minimum atomic E-state index is -0.00264. The molecule has 1 saturated carbocycles. The van der Waals surface area contributed by atoms with Crippen molar-refractivity contribution in [1.82, 2.24) is 9.88 Å². The minimum absolute atomic E-state index is 0.00264. The minimum Gasteiger partial charge on any atom is -0.395 e. The average Bonchev–Trinajstić information content (AvgIpc) is 2.45. The molecule has 0 aromatic carbocycles. The molecule has 0 unspecified atom stereocenters. The van der Waals surface area contributed by atoms with Crippen molar-refractivity contribution in [3.63, 3.8) is 0 Å². The van der Waals surface area contributed by atoms with Crippen molar-refractivity contribution in [2.45, 2.75) is 45.1 Å². The van der Waals surface area contributed by atoms with Gasteiger partial charge >= 0.3 is 0 Å². The van der Waals surface area contributed by atoms with E-state index in [1.54, 1.807) is 12.4 Å². The Hall–Kier alpha value is -1.42. The summed E-state index contributed by atoms with van der Waals surface area (Å²) in [6, 6.07) is 2.14. The third-order valence-corrected chi connectivity index (χ3v) is 3.74. The molecule has 0 spiro atoms. The molecular weight excluding hydrogens is 240 g/mol. The Morgan fingerprint density at radius 2 is 2.11 bits per heavy atom. The smallest absolute Gasteiger partial charge is 0.255 e. The number of pyridine rings is 1. The quantitative estimate of drug-likeness (QED) is 0.904. The van der Waals surface area contributed by atoms with Crippen molar-refractivity contribution in [2.24, 2.45) is 0 Å². The van der Waals surface area contributed by atoms with Gasteiger partial charge in [0.15, 0.2) is 0 Å². The fourth-order valence-corrected chi connectivity index (χ4v) is 2.79. The topological polar surface area (TPSA) is 53.4 Å². The summed E-state index contributed by atoms with van der Waals surface area (Å²) < 4.78 is 0. The lowest BCUT2D eigenvalue weighted by molar-refractivity contribution is 0.0585. The Bertz CT molecular complexity index is 428. The van der Waals surface area contributed by atoms with Crippen LogP contribution in [0.1, 0.15) is 48.0 Å². The number of carbonyl (C=O) groups excluding carboxylic acids is 1. The van der Waals surface area contributed by atoms with Crippen molar-refractivity contribution in [2.75, 3.05) is 13.2 Å². The monoisotopic (exact) mass is 262 g/mol. The lowest BCUT2D eigenvalue weighted by Gasteiger charge is -2.34. The zero-order chi connectivity index (χ0) is 13.7. The SMILES string of the molecule is Cc1cncc(C(=O)N(CCO)C2CCCCC2)c1. The van der Waals surface area contributed by atoms with Crippen LogP contribution in [-0.4, -0.2) is 40.1 Å². The van der Waals surface area contributed by atoms with Crippen molar-refractivity contribution >= 4 is 5.91 Å². The molecule has 4 heteroatoms. The Kier molecular flexibility index (Phi) is 4.91. The first kappa shape index (κ1) is 14.0. The Morgan fingerprint density at radius 1 is 1.37 bits per heavy atom. The van der Waals surface area contributed by atoms with Crippen LogP contribution in [0.4, 0.5) is 0 Å². The van der Waals surface area contributed by atoms with E-state index in [4.69, 9.17) is 0 Å². The second-order valence-electron chi connectivity index (χ2n) is 5.26. The number of amides is 1. The van der Waals surface area contributed by atoms with E-state index in [2.05, 4.69) is 4.98 Å². The first-order chi connectivity index (χ1) is 9.22. The number of hydrogen-bond acceptors (Lipinski definition) is 3. The molecule has 1 heterocycles. The van der Waals surface area contributed by atoms with Gasteiger partial charge in [-0.1, -0.05) is 19.3 Å². The normalized spacial score (nSPS) is 16.3. The number of aliphatic hydroxyl groups is 1. The molecular formula is C15H22N2O2. The number of rotatable bonds is 4. The van der Waals surface area contributed by atoms with Crippen molar-refractivity contribution < 1.29 is 9.90 Å². The van der Waals surface area contributed by atoms with Gasteiger partial charge in [-0.15, -0.1) is 0 Å². The summed E-state index contributed by atoms with van der Waals surface area (Å²) in [6.45, 7) is 2.36. The maximum atomic E-state index is 12.6. The first-order valence-electron chi connectivity index (χ1n) is 7.06. The molecule has 4 nitrogen and oxygen atoms in total. The van der Waals surface area contributed by atoms with E-state index in [0.29, 0.717) is 12.1 Å². The van der Waals surface area contributed by atoms with Gasteiger partial charge in [0.1, 0.15) is 0 Å². The maximum absolute atomic E-state index is 12.6. The van der Waals surface area contributed by atoms with Gasteiger partial charge in [0.05, 0.1) is 12.2 Å². The van der Waals surface area contributed by atoms with Crippen LogP contribution in [0, 0.1) is 6.92 Å². The summed E-state index contributed by atoms with van der Waals surface area (Å²) in [5.74, 6) is -0.00264. The van der Waals surface area contributed by atoms with Crippen molar-refractivity contribution in [3.05, 3.63) is 29.6 Å². The van der Waals surface area contributed by atoms with Crippen LogP contribution >= 0.6 is 0 Å². The molecule has 1 aliphatic carbocycles. The summed E-state index contributed by atoms with van der Waals surface area (Å²) in [5.41, 5.74) is 1.61. The van der Waals surface area contributed by atoms with Crippen LogP contribution in [-0.2, 0) is 0 Å². The van der Waals surface area contributed by atoms with E-state index in [1.807, 2.05) is 17.9 Å². The molecule has 1 N–H and O–H groups in total. The van der Waals surface area contributed by atoms with Gasteiger partial charge in [0, 0.05) is 25.0 Å². The number of aliphatic hydroxyl groups excluding tert-OH is 1. The van der Waals surface area contributed by atoms with Gasteiger partial charge in [0.2, 0.25) is 0 Å². The Labute approximate surface area is 114 Å². The van der Waals surface area contributed by atoms with Gasteiger partial charge in [-0.3, -0.25) is 9.78 Å². The molecule has 2 rings (SSSR count). The molecule has 0 saturated heterocycles. The molecule has 0 bridgehead atoms. The molecule has 1 fully saturated rings. The summed E-state index contributed by atoms with van der Waals surface area (Å²) in [5, 5.41) is 9.21. The molecule has 1 aromatic rings. The number of nitrogens with zero attached hydrogens (tertiary/aromatic N) is 2. The van der Waals surface area contributed by atoms with E-state index in [0.717, 1.165) is 18.4 Å². The fraction of sp³-hybridized carbons (Fsp3) is 0.600. The van der Waals surface area contributed by atoms with E-state index in [-0.39, 0.29) is 18.6 Å². The predicted octanol–water partition coefficient (Wildman–Crippen LogP) is 2.16. The molecule has 1 aromatic heterocycles. The predicted molar refractivity (Wildman–Crippen MR) is 74.0 cm³/mol. The van der Waals surface area contributed by atoms with E-state index in [9.17, 15) is 9.90 Å². The van der Waals surface area contributed by atoms with Gasteiger partial charge in [-0.05, 0) is 31.4 Å². The molecule has 1 amide bonds. The highest BCUT2D eigenvalue weighted by Crippen LogP contribution is 2.23. The summed E-state index contributed by atoms with van der Waals surface area (Å²) in [4.78, 5) is 18.5. The highest BCUT2D eigenvalue weighted by Gasteiger charge is 2.25. The van der Waals surface area contributed by atoms with Gasteiger partial charge in [0.25, 0.3) is 5.91 Å². The maximum Gasteiger partial charge on any atom is 0.255 e. The standard InChI is InChI=1S/C15H22N2O2/c1-12-9-13(11-16-10-12)15(19)17(7-8-18)14-5-3-2-4-6-14/h9-11,14,18H,2-8H2,1H3. The van der Waals surface area contributed by atoms with Crippen LogP contribution in [0.2, 0.25) is 0 Å². The Balaban J connectivity index is 2.15. The fourth-order valence-electron chi connectivity index (χ4n) is 2.79. The van der Waals surface area contributed by atoms with Crippen molar-refractivity contribution in [3.8, 4) is 0 Å². The second-order valence-corrected chi connectivity index (χ2v) is 5.26. The molecule has 1 aliphatic rings. The highest BCUT2D eigenvalue weighted by molar-refractivity contribution is 5.94. The number of carbonyl (C=O) groups is 1. The van der Waals surface area contributed by atoms with Crippen molar-refractivity contribution in [1.29, 1.82) is 0 Å². The molecule has 0 aliphatic heterocycles. The molecule has 0 atom stereocenters. The average molecular weight is 262 g/mol. The highest BCUT2D eigenvalue weighted by atomic mass is 16.3. The summed E-state index contributed by atoms with van der Waals surface area (Å²) in [7, 11) is 0. The number of aryl methyl sites for hydroxylation is 1.